The van der Waals surface area contributed by atoms with Crippen LogP contribution < -0.4 is 5.32 Å². The largest absolute Gasteiger partial charge is 0.352 e. The first-order valence-corrected chi connectivity index (χ1v) is 10.1. The topological polar surface area (TPSA) is 45.2 Å². The maximum atomic E-state index is 12.3. The molecule has 2 aromatic rings. The lowest BCUT2D eigenvalue weighted by molar-refractivity contribution is -0.121. The van der Waals surface area contributed by atoms with E-state index in [9.17, 15) is 4.79 Å². The Hall–Kier alpha value is -2.20. The highest BCUT2D eigenvalue weighted by atomic mass is 16.1. The van der Waals surface area contributed by atoms with Crippen LogP contribution in [0.15, 0.2) is 48.8 Å². The van der Waals surface area contributed by atoms with Crippen molar-refractivity contribution in [2.45, 2.75) is 52.1 Å². The van der Waals surface area contributed by atoms with Gasteiger partial charge in [0.15, 0.2) is 0 Å². The highest BCUT2D eigenvalue weighted by Crippen LogP contribution is 2.16. The van der Waals surface area contributed by atoms with E-state index in [0.717, 1.165) is 44.5 Å². The molecule has 0 radical (unpaired) electrons. The van der Waals surface area contributed by atoms with Gasteiger partial charge in [0.05, 0.1) is 6.42 Å². The lowest BCUT2D eigenvalue weighted by Gasteiger charge is -2.33. The van der Waals surface area contributed by atoms with Crippen LogP contribution in [0.5, 0.6) is 0 Å². The van der Waals surface area contributed by atoms with Gasteiger partial charge in [-0.25, -0.2) is 0 Å². The molecular formula is C23H31N3O. The first-order chi connectivity index (χ1) is 13.1. The van der Waals surface area contributed by atoms with Gasteiger partial charge < -0.3 is 5.32 Å². The number of carbonyl (C=O) groups excluding carboxylic acids is 1. The van der Waals surface area contributed by atoms with E-state index in [1.807, 2.05) is 12.1 Å². The van der Waals surface area contributed by atoms with E-state index >= 15 is 0 Å². The Morgan fingerprint density at radius 1 is 1.19 bits per heavy atom. The molecule has 27 heavy (non-hydrogen) atoms. The van der Waals surface area contributed by atoms with Crippen LogP contribution in [0.25, 0.3) is 0 Å². The number of amides is 1. The molecule has 1 aromatic carbocycles. The molecule has 4 heteroatoms. The van der Waals surface area contributed by atoms with E-state index in [2.05, 4.69) is 53.3 Å². The number of aromatic nitrogens is 1. The van der Waals surface area contributed by atoms with Crippen molar-refractivity contribution < 1.29 is 4.79 Å². The third-order valence-corrected chi connectivity index (χ3v) is 5.03. The van der Waals surface area contributed by atoms with Gasteiger partial charge in [-0.15, -0.1) is 0 Å². The fourth-order valence-electron chi connectivity index (χ4n) is 3.79. The van der Waals surface area contributed by atoms with Crippen molar-refractivity contribution >= 4 is 5.91 Å². The molecule has 2 heterocycles. The summed E-state index contributed by atoms with van der Waals surface area (Å²) in [4.78, 5) is 18.8. The number of likely N-dealkylation sites (tertiary alicyclic amines) is 1. The molecule has 1 N–H and O–H groups in total. The van der Waals surface area contributed by atoms with Crippen molar-refractivity contribution in [1.29, 1.82) is 0 Å². The normalized spacial score (nSPS) is 17.8. The van der Waals surface area contributed by atoms with Crippen LogP contribution in [-0.2, 0) is 24.2 Å². The Kier molecular flexibility index (Phi) is 6.99. The highest BCUT2D eigenvalue weighted by Gasteiger charge is 2.21. The zero-order valence-corrected chi connectivity index (χ0v) is 16.5. The number of rotatable bonds is 7. The first kappa shape index (κ1) is 19.6. The predicted octanol–water partition coefficient (Wildman–Crippen LogP) is 3.60. The van der Waals surface area contributed by atoms with Crippen LogP contribution in [0.2, 0.25) is 0 Å². The van der Waals surface area contributed by atoms with Crippen molar-refractivity contribution in [2.75, 3.05) is 13.1 Å². The van der Waals surface area contributed by atoms with Crippen molar-refractivity contribution in [3.05, 3.63) is 65.5 Å². The van der Waals surface area contributed by atoms with Gasteiger partial charge in [0, 0.05) is 31.5 Å². The van der Waals surface area contributed by atoms with Gasteiger partial charge in [-0.05, 0) is 54.5 Å². The molecule has 1 aliphatic heterocycles. The van der Waals surface area contributed by atoms with Gasteiger partial charge in [0.2, 0.25) is 5.91 Å². The molecule has 0 aliphatic carbocycles. The average Bonchev–Trinajstić information content (AvgIpc) is 2.64. The molecule has 1 amide bonds. The van der Waals surface area contributed by atoms with E-state index in [0.29, 0.717) is 12.3 Å². The third kappa shape index (κ3) is 6.47. The Balaban J connectivity index is 1.48. The second-order valence-electron chi connectivity index (χ2n) is 8.09. The molecule has 3 rings (SSSR count). The summed E-state index contributed by atoms with van der Waals surface area (Å²) < 4.78 is 0. The zero-order valence-electron chi connectivity index (χ0n) is 16.5. The summed E-state index contributed by atoms with van der Waals surface area (Å²) in [5.74, 6) is 0.780. The molecule has 4 nitrogen and oxygen atoms in total. The SMILES string of the molecule is CC(C)Cc1ccc(CN2CCC[C@H](NC(=O)Cc3cccnc3)C2)cc1. The number of nitrogens with zero attached hydrogens (tertiary/aromatic N) is 2. The molecule has 0 unspecified atom stereocenters. The second-order valence-corrected chi connectivity index (χ2v) is 8.09. The maximum absolute atomic E-state index is 12.3. The second kappa shape index (κ2) is 9.65. The minimum Gasteiger partial charge on any atom is -0.352 e. The Morgan fingerprint density at radius 2 is 1.96 bits per heavy atom. The smallest absolute Gasteiger partial charge is 0.224 e. The van der Waals surface area contributed by atoms with Crippen LogP contribution in [0, 0.1) is 5.92 Å². The molecule has 1 atom stereocenters. The molecule has 0 spiro atoms. The van der Waals surface area contributed by atoms with Gasteiger partial charge in [0.25, 0.3) is 0 Å². The Bertz CT molecular complexity index is 712. The number of carbonyl (C=O) groups is 1. The number of nitrogens with one attached hydrogen (secondary N) is 1. The summed E-state index contributed by atoms with van der Waals surface area (Å²) in [7, 11) is 0. The minimum atomic E-state index is 0.0906. The molecule has 0 bridgehead atoms. The molecule has 144 valence electrons. The fourth-order valence-corrected chi connectivity index (χ4v) is 3.79. The summed E-state index contributed by atoms with van der Waals surface area (Å²) in [6, 6.07) is 13.1. The van der Waals surface area contributed by atoms with Gasteiger partial charge in [-0.2, -0.15) is 0 Å². The van der Waals surface area contributed by atoms with Crippen molar-refractivity contribution in [1.82, 2.24) is 15.2 Å². The number of pyridine rings is 1. The van der Waals surface area contributed by atoms with Crippen molar-refractivity contribution in [3.8, 4) is 0 Å². The van der Waals surface area contributed by atoms with Crippen LogP contribution in [0.3, 0.4) is 0 Å². The summed E-state index contributed by atoms with van der Waals surface area (Å²) >= 11 is 0. The standard InChI is InChI=1S/C23H31N3O/c1-18(2)13-19-7-9-20(10-8-19)16-26-12-4-6-22(17-26)25-23(27)14-21-5-3-11-24-15-21/h3,5,7-11,15,18,22H,4,6,12-14,16-17H2,1-2H3,(H,25,27)/t22-/m0/s1. The number of hydrogen-bond donors (Lipinski definition) is 1. The molecular weight excluding hydrogens is 334 g/mol. The third-order valence-electron chi connectivity index (χ3n) is 5.03. The molecule has 0 saturated carbocycles. The van der Waals surface area contributed by atoms with E-state index in [1.54, 1.807) is 12.4 Å². The van der Waals surface area contributed by atoms with Crippen molar-refractivity contribution in [3.63, 3.8) is 0 Å². The average molecular weight is 366 g/mol. The molecule has 1 aliphatic rings. The van der Waals surface area contributed by atoms with Gasteiger partial charge >= 0.3 is 0 Å². The summed E-state index contributed by atoms with van der Waals surface area (Å²) in [5, 5.41) is 3.21. The number of benzene rings is 1. The molecule has 1 fully saturated rings. The lowest BCUT2D eigenvalue weighted by Crippen LogP contribution is -2.47. The minimum absolute atomic E-state index is 0.0906. The van der Waals surface area contributed by atoms with Crippen LogP contribution in [0.1, 0.15) is 43.4 Å². The van der Waals surface area contributed by atoms with Gasteiger partial charge in [-0.3, -0.25) is 14.7 Å². The lowest BCUT2D eigenvalue weighted by atomic mass is 10.0. The molecule has 1 aromatic heterocycles. The number of hydrogen-bond acceptors (Lipinski definition) is 3. The Labute approximate surface area is 163 Å². The van der Waals surface area contributed by atoms with E-state index < -0.39 is 0 Å². The van der Waals surface area contributed by atoms with E-state index in [1.165, 1.54) is 11.1 Å². The predicted molar refractivity (Wildman–Crippen MR) is 109 cm³/mol. The Morgan fingerprint density at radius 3 is 2.67 bits per heavy atom. The summed E-state index contributed by atoms with van der Waals surface area (Å²) in [6.45, 7) is 7.49. The zero-order chi connectivity index (χ0) is 19.1. The van der Waals surface area contributed by atoms with Gasteiger partial charge in [0.1, 0.15) is 0 Å². The number of piperidine rings is 1. The first-order valence-electron chi connectivity index (χ1n) is 10.1. The van der Waals surface area contributed by atoms with Crippen molar-refractivity contribution in [2.24, 2.45) is 5.92 Å². The monoisotopic (exact) mass is 365 g/mol. The van der Waals surface area contributed by atoms with Gasteiger partial charge in [-0.1, -0.05) is 44.2 Å². The van der Waals surface area contributed by atoms with E-state index in [-0.39, 0.29) is 11.9 Å². The fraction of sp³-hybridized carbons (Fsp3) is 0.478. The van der Waals surface area contributed by atoms with Crippen LogP contribution in [0.4, 0.5) is 0 Å². The van der Waals surface area contributed by atoms with E-state index in [4.69, 9.17) is 0 Å². The van der Waals surface area contributed by atoms with Crippen LogP contribution >= 0.6 is 0 Å². The quantitative estimate of drug-likeness (QED) is 0.815. The maximum Gasteiger partial charge on any atom is 0.224 e. The summed E-state index contributed by atoms with van der Waals surface area (Å²) in [6.07, 6.45) is 7.22. The molecule has 1 saturated heterocycles. The van der Waals surface area contributed by atoms with Crippen LogP contribution in [-0.4, -0.2) is 34.9 Å². The highest BCUT2D eigenvalue weighted by molar-refractivity contribution is 5.78. The summed E-state index contributed by atoms with van der Waals surface area (Å²) in [5.41, 5.74) is 3.72.